The first-order valence-electron chi connectivity index (χ1n) is 4.02. The molecule has 0 aliphatic rings. The van der Waals surface area contributed by atoms with E-state index in [1.165, 1.54) is 0 Å². The summed E-state index contributed by atoms with van der Waals surface area (Å²) in [6.45, 7) is 7.95. The van der Waals surface area contributed by atoms with E-state index in [1.54, 1.807) is 0 Å². The molecular formula is C8H19NOS. The van der Waals surface area contributed by atoms with Gasteiger partial charge in [-0.25, -0.2) is 0 Å². The van der Waals surface area contributed by atoms with Gasteiger partial charge in [-0.1, -0.05) is 6.92 Å². The lowest BCUT2D eigenvalue weighted by Gasteiger charge is -2.19. The van der Waals surface area contributed by atoms with Gasteiger partial charge in [0.05, 0.1) is 0 Å². The maximum Gasteiger partial charge on any atom is 0.0391 e. The molecule has 2 nitrogen and oxygen atoms in total. The topological polar surface area (TPSA) is 43.1 Å². The largest absolute Gasteiger partial charge is 0.327 e. The summed E-state index contributed by atoms with van der Waals surface area (Å²) in [6, 6.07) is 0.0926. The molecule has 0 radical (unpaired) electrons. The van der Waals surface area contributed by atoms with Crippen LogP contribution in [0.25, 0.3) is 0 Å². The van der Waals surface area contributed by atoms with Crippen molar-refractivity contribution in [3.63, 3.8) is 0 Å². The third-order valence-electron chi connectivity index (χ3n) is 1.57. The Morgan fingerprint density at radius 3 is 2.18 bits per heavy atom. The molecule has 2 unspecified atom stereocenters. The molecule has 2 N–H and O–H groups in total. The molecule has 2 atom stereocenters. The monoisotopic (exact) mass is 177 g/mol. The highest BCUT2D eigenvalue weighted by molar-refractivity contribution is 7.86. The van der Waals surface area contributed by atoms with Crippen molar-refractivity contribution in [1.82, 2.24) is 0 Å². The first-order valence-corrected chi connectivity index (χ1v) is 5.34. The molecule has 0 aromatic heterocycles. The van der Waals surface area contributed by atoms with E-state index in [2.05, 4.69) is 0 Å². The molecule has 0 aliphatic heterocycles. The minimum absolute atomic E-state index is 0.0926. The molecule has 0 heterocycles. The molecule has 0 saturated carbocycles. The molecule has 0 saturated heterocycles. The van der Waals surface area contributed by atoms with Gasteiger partial charge in [-0.15, -0.1) is 0 Å². The zero-order chi connectivity index (χ0) is 9.07. The maximum absolute atomic E-state index is 11.5. The molecule has 68 valence electrons. The summed E-state index contributed by atoms with van der Waals surface area (Å²) in [5, 5.41) is 0. The lowest BCUT2D eigenvalue weighted by atomic mass is 10.3. The van der Waals surface area contributed by atoms with E-state index in [9.17, 15) is 4.21 Å². The minimum Gasteiger partial charge on any atom is -0.327 e. The van der Waals surface area contributed by atoms with Crippen LogP contribution in [0.4, 0.5) is 0 Å². The smallest absolute Gasteiger partial charge is 0.0391 e. The van der Waals surface area contributed by atoms with Crippen LogP contribution in [0.1, 0.15) is 34.1 Å². The number of rotatable bonds is 3. The lowest BCUT2D eigenvalue weighted by Crippen LogP contribution is -2.33. The van der Waals surface area contributed by atoms with Crippen molar-refractivity contribution in [2.24, 2.45) is 5.73 Å². The van der Waals surface area contributed by atoms with Crippen molar-refractivity contribution in [3.05, 3.63) is 0 Å². The Balaban J connectivity index is 3.88. The first-order chi connectivity index (χ1) is 4.88. The van der Waals surface area contributed by atoms with E-state index in [-0.39, 0.29) is 10.8 Å². The van der Waals surface area contributed by atoms with Crippen molar-refractivity contribution in [1.29, 1.82) is 0 Å². The Labute approximate surface area is 72.0 Å². The van der Waals surface area contributed by atoms with Gasteiger partial charge in [0, 0.05) is 27.3 Å². The van der Waals surface area contributed by atoms with Gasteiger partial charge in [0.2, 0.25) is 0 Å². The van der Waals surface area contributed by atoms with Crippen LogP contribution in [-0.4, -0.2) is 20.8 Å². The highest BCUT2D eigenvalue weighted by Gasteiger charge is 2.20. The average molecular weight is 177 g/mol. The summed E-state index contributed by atoms with van der Waals surface area (Å²) >= 11 is 0. The fraction of sp³-hybridized carbons (Fsp3) is 1.00. The van der Waals surface area contributed by atoms with E-state index >= 15 is 0 Å². The number of hydrogen-bond acceptors (Lipinski definition) is 2. The van der Waals surface area contributed by atoms with Gasteiger partial charge in [-0.05, 0) is 27.2 Å². The number of nitrogens with two attached hydrogens (primary N) is 1. The van der Waals surface area contributed by atoms with Gasteiger partial charge in [0.25, 0.3) is 0 Å². The Morgan fingerprint density at radius 1 is 1.45 bits per heavy atom. The van der Waals surface area contributed by atoms with Gasteiger partial charge in [0.1, 0.15) is 0 Å². The van der Waals surface area contributed by atoms with Crippen molar-refractivity contribution in [3.8, 4) is 0 Å². The highest BCUT2D eigenvalue weighted by Crippen LogP contribution is 2.12. The second-order valence-corrected chi connectivity index (χ2v) is 6.04. The summed E-state index contributed by atoms with van der Waals surface area (Å²) in [5.41, 5.74) is 5.68. The fourth-order valence-electron chi connectivity index (χ4n) is 0.562. The van der Waals surface area contributed by atoms with E-state index in [1.807, 2.05) is 27.7 Å². The lowest BCUT2D eigenvalue weighted by molar-refractivity contribution is 0.632. The Kier molecular flexibility index (Phi) is 4.26. The van der Waals surface area contributed by atoms with E-state index in [0.29, 0.717) is 5.75 Å². The molecule has 0 bridgehead atoms. The molecule has 0 spiro atoms. The van der Waals surface area contributed by atoms with Crippen molar-refractivity contribution < 1.29 is 4.21 Å². The molecule has 0 aliphatic carbocycles. The van der Waals surface area contributed by atoms with E-state index in [0.717, 1.165) is 6.42 Å². The number of hydrogen-bond donors (Lipinski definition) is 1. The minimum atomic E-state index is -0.792. The van der Waals surface area contributed by atoms with Crippen LogP contribution in [0.15, 0.2) is 0 Å². The molecule has 11 heavy (non-hydrogen) atoms. The van der Waals surface area contributed by atoms with Crippen LogP contribution in [0, 0.1) is 0 Å². The third kappa shape index (κ3) is 4.53. The summed E-state index contributed by atoms with van der Waals surface area (Å²) in [5.74, 6) is 0.625. The normalized spacial score (nSPS) is 17.9. The van der Waals surface area contributed by atoms with Gasteiger partial charge in [-0.2, -0.15) is 0 Å². The fourth-order valence-corrected chi connectivity index (χ4v) is 1.69. The summed E-state index contributed by atoms with van der Waals surface area (Å²) in [6.07, 6.45) is 0.905. The Morgan fingerprint density at radius 2 is 1.91 bits per heavy atom. The molecule has 3 heteroatoms. The van der Waals surface area contributed by atoms with Gasteiger partial charge >= 0.3 is 0 Å². The quantitative estimate of drug-likeness (QED) is 0.705. The van der Waals surface area contributed by atoms with Crippen LogP contribution in [0.3, 0.4) is 0 Å². The Hall–Kier alpha value is 0.110. The SMILES string of the molecule is CCC(N)CS(=O)C(C)(C)C. The summed E-state index contributed by atoms with van der Waals surface area (Å²) in [7, 11) is -0.792. The molecule has 0 aromatic carbocycles. The first kappa shape index (κ1) is 11.1. The van der Waals surface area contributed by atoms with E-state index in [4.69, 9.17) is 5.73 Å². The van der Waals surface area contributed by atoms with Crippen LogP contribution >= 0.6 is 0 Å². The van der Waals surface area contributed by atoms with Crippen LogP contribution in [0.2, 0.25) is 0 Å². The predicted molar refractivity (Wildman–Crippen MR) is 51.0 cm³/mol. The van der Waals surface area contributed by atoms with Gasteiger partial charge in [-0.3, -0.25) is 4.21 Å². The summed E-state index contributed by atoms with van der Waals surface area (Å²) in [4.78, 5) is 0. The van der Waals surface area contributed by atoms with Gasteiger partial charge in [0.15, 0.2) is 0 Å². The molecule has 0 aromatic rings. The van der Waals surface area contributed by atoms with E-state index < -0.39 is 10.8 Å². The zero-order valence-corrected chi connectivity index (χ0v) is 8.70. The molecule has 0 fully saturated rings. The van der Waals surface area contributed by atoms with Gasteiger partial charge < -0.3 is 5.73 Å². The maximum atomic E-state index is 11.5. The Bertz CT molecular complexity index is 140. The predicted octanol–water partition coefficient (Wildman–Crippen LogP) is 1.27. The second kappa shape index (κ2) is 4.21. The molecule has 0 rings (SSSR count). The molecule has 0 amide bonds. The third-order valence-corrected chi connectivity index (χ3v) is 3.67. The summed E-state index contributed by atoms with van der Waals surface area (Å²) < 4.78 is 11.3. The van der Waals surface area contributed by atoms with Crippen molar-refractivity contribution in [2.75, 3.05) is 5.75 Å². The van der Waals surface area contributed by atoms with Crippen molar-refractivity contribution in [2.45, 2.75) is 44.9 Å². The highest BCUT2D eigenvalue weighted by atomic mass is 32.2. The standard InChI is InChI=1S/C8H19NOS/c1-5-7(9)6-11(10)8(2,3)4/h7H,5-6,9H2,1-4H3. The van der Waals surface area contributed by atoms with Crippen LogP contribution < -0.4 is 5.73 Å². The van der Waals surface area contributed by atoms with Crippen molar-refractivity contribution >= 4 is 10.8 Å². The average Bonchev–Trinajstić information content (AvgIpc) is 1.85. The molecular weight excluding hydrogens is 158 g/mol. The zero-order valence-electron chi connectivity index (χ0n) is 7.89. The second-order valence-electron chi connectivity index (χ2n) is 3.79. The van der Waals surface area contributed by atoms with Crippen LogP contribution in [-0.2, 0) is 10.8 Å². The van der Waals surface area contributed by atoms with Crippen LogP contribution in [0.5, 0.6) is 0 Å².